The summed E-state index contributed by atoms with van der Waals surface area (Å²) in [6.07, 6.45) is 1.82. The van der Waals surface area contributed by atoms with Gasteiger partial charge in [-0.05, 0) is 31.0 Å². The van der Waals surface area contributed by atoms with Gasteiger partial charge in [-0.25, -0.2) is 8.42 Å². The first-order valence-electron chi connectivity index (χ1n) is 7.91. The molecule has 1 atom stereocenters. The third kappa shape index (κ3) is 3.27. The van der Waals surface area contributed by atoms with E-state index < -0.39 is 10.0 Å². The van der Waals surface area contributed by atoms with Crippen LogP contribution < -0.4 is 0 Å². The van der Waals surface area contributed by atoms with Gasteiger partial charge in [0, 0.05) is 44.8 Å². The Morgan fingerprint density at radius 1 is 1.30 bits per heavy atom. The van der Waals surface area contributed by atoms with E-state index in [-0.39, 0.29) is 10.8 Å². The van der Waals surface area contributed by atoms with Crippen LogP contribution in [0.5, 0.6) is 0 Å². The Morgan fingerprint density at radius 3 is 2.74 bits per heavy atom. The summed E-state index contributed by atoms with van der Waals surface area (Å²) in [5, 5.41) is 0. The summed E-state index contributed by atoms with van der Waals surface area (Å²) < 4.78 is 31.5. The Labute approximate surface area is 137 Å². The van der Waals surface area contributed by atoms with Crippen LogP contribution in [0.4, 0.5) is 0 Å². The van der Waals surface area contributed by atoms with Crippen molar-refractivity contribution in [3.63, 3.8) is 0 Å². The SMILES string of the molecule is COC[C@H]1CCN(C(=O)c2cccc(S(=O)(=O)N3CCC3)c2)C1. The van der Waals surface area contributed by atoms with Crippen molar-refractivity contribution in [3.05, 3.63) is 29.8 Å². The fourth-order valence-electron chi connectivity index (χ4n) is 3.04. The lowest BCUT2D eigenvalue weighted by Crippen LogP contribution is -2.42. The lowest BCUT2D eigenvalue weighted by atomic mass is 10.1. The van der Waals surface area contributed by atoms with Gasteiger partial charge in [0.25, 0.3) is 5.91 Å². The molecule has 0 spiro atoms. The molecule has 0 aliphatic carbocycles. The van der Waals surface area contributed by atoms with Crippen molar-refractivity contribution in [1.82, 2.24) is 9.21 Å². The Balaban J connectivity index is 1.76. The number of carbonyl (C=O) groups excluding carboxylic acids is 1. The van der Waals surface area contributed by atoms with Crippen LogP contribution in [0.2, 0.25) is 0 Å². The molecular formula is C16H22N2O4S. The summed E-state index contributed by atoms with van der Waals surface area (Å²) in [7, 11) is -1.80. The number of ether oxygens (including phenoxy) is 1. The van der Waals surface area contributed by atoms with Crippen molar-refractivity contribution in [2.45, 2.75) is 17.7 Å². The summed E-state index contributed by atoms with van der Waals surface area (Å²) in [6.45, 7) is 3.12. The van der Waals surface area contributed by atoms with Crippen molar-refractivity contribution in [1.29, 1.82) is 0 Å². The summed E-state index contributed by atoms with van der Waals surface area (Å²) >= 11 is 0. The number of nitrogens with zero attached hydrogens (tertiary/aromatic N) is 2. The highest BCUT2D eigenvalue weighted by Gasteiger charge is 2.31. The van der Waals surface area contributed by atoms with E-state index in [0.717, 1.165) is 12.8 Å². The molecule has 0 N–H and O–H groups in total. The minimum absolute atomic E-state index is 0.107. The first-order valence-corrected chi connectivity index (χ1v) is 9.35. The highest BCUT2D eigenvalue weighted by Crippen LogP contribution is 2.24. The van der Waals surface area contributed by atoms with Gasteiger partial charge in [-0.3, -0.25) is 4.79 Å². The molecule has 1 aromatic carbocycles. The molecule has 7 heteroatoms. The molecule has 3 rings (SSSR count). The number of sulfonamides is 1. The summed E-state index contributed by atoms with van der Waals surface area (Å²) in [4.78, 5) is 14.6. The summed E-state index contributed by atoms with van der Waals surface area (Å²) in [5.41, 5.74) is 0.435. The molecule has 2 heterocycles. The standard InChI is InChI=1S/C16H22N2O4S/c1-22-12-13-6-9-17(11-13)16(19)14-4-2-5-15(10-14)23(20,21)18-7-3-8-18/h2,4-5,10,13H,3,6-9,11-12H2,1H3/t13-/m0/s1. The summed E-state index contributed by atoms with van der Waals surface area (Å²) in [6, 6.07) is 6.38. The highest BCUT2D eigenvalue weighted by atomic mass is 32.2. The minimum Gasteiger partial charge on any atom is -0.384 e. The molecule has 0 unspecified atom stereocenters. The van der Waals surface area contributed by atoms with Crippen molar-refractivity contribution < 1.29 is 17.9 Å². The highest BCUT2D eigenvalue weighted by molar-refractivity contribution is 7.89. The number of carbonyl (C=O) groups is 1. The number of hydrogen-bond acceptors (Lipinski definition) is 4. The zero-order chi connectivity index (χ0) is 16.4. The lowest BCUT2D eigenvalue weighted by Gasteiger charge is -2.29. The molecule has 23 heavy (non-hydrogen) atoms. The molecule has 1 amide bonds. The third-order valence-corrected chi connectivity index (χ3v) is 6.40. The van der Waals surface area contributed by atoms with E-state index in [2.05, 4.69) is 0 Å². The van der Waals surface area contributed by atoms with Crippen LogP contribution in [0.1, 0.15) is 23.2 Å². The monoisotopic (exact) mass is 338 g/mol. The molecule has 2 fully saturated rings. The normalized spacial score (nSPS) is 22.1. The number of benzene rings is 1. The second-order valence-corrected chi connectivity index (χ2v) is 8.08. The maximum atomic E-state index is 12.6. The van der Waals surface area contributed by atoms with Crippen LogP contribution in [0.15, 0.2) is 29.2 Å². The maximum Gasteiger partial charge on any atom is 0.253 e. The molecule has 0 aromatic heterocycles. The van der Waals surface area contributed by atoms with Crippen molar-refractivity contribution in [3.8, 4) is 0 Å². The second-order valence-electron chi connectivity index (χ2n) is 6.15. The molecule has 0 radical (unpaired) electrons. The first kappa shape index (κ1) is 16.4. The predicted octanol–water partition coefficient (Wildman–Crippen LogP) is 1.19. The predicted molar refractivity (Wildman–Crippen MR) is 85.7 cm³/mol. The minimum atomic E-state index is -3.46. The number of methoxy groups -OCH3 is 1. The number of hydrogen-bond donors (Lipinski definition) is 0. The van der Waals surface area contributed by atoms with Crippen LogP contribution in [-0.2, 0) is 14.8 Å². The second kappa shape index (κ2) is 6.59. The van der Waals surface area contributed by atoms with Crippen LogP contribution in [0, 0.1) is 5.92 Å². The van der Waals surface area contributed by atoms with E-state index in [4.69, 9.17) is 4.74 Å². The van der Waals surface area contributed by atoms with E-state index >= 15 is 0 Å². The van der Waals surface area contributed by atoms with Gasteiger partial charge >= 0.3 is 0 Å². The Bertz CT molecular complexity index is 685. The average molecular weight is 338 g/mol. The van der Waals surface area contributed by atoms with Crippen LogP contribution in [0.3, 0.4) is 0 Å². The molecule has 1 aromatic rings. The van der Waals surface area contributed by atoms with E-state index in [1.54, 1.807) is 30.2 Å². The van der Waals surface area contributed by atoms with E-state index in [1.165, 1.54) is 10.4 Å². The smallest absolute Gasteiger partial charge is 0.253 e. The van der Waals surface area contributed by atoms with Crippen molar-refractivity contribution >= 4 is 15.9 Å². The van der Waals surface area contributed by atoms with Gasteiger partial charge in [-0.1, -0.05) is 6.07 Å². The molecule has 2 aliphatic heterocycles. The molecule has 0 bridgehead atoms. The quantitative estimate of drug-likeness (QED) is 0.809. The molecule has 0 saturated carbocycles. The number of likely N-dealkylation sites (tertiary alicyclic amines) is 1. The average Bonchev–Trinajstić information content (AvgIpc) is 2.93. The van der Waals surface area contributed by atoms with Gasteiger partial charge in [0.15, 0.2) is 0 Å². The van der Waals surface area contributed by atoms with Crippen LogP contribution >= 0.6 is 0 Å². The third-order valence-electron chi connectivity index (χ3n) is 4.51. The Kier molecular flexibility index (Phi) is 4.70. The lowest BCUT2D eigenvalue weighted by molar-refractivity contribution is 0.0775. The van der Waals surface area contributed by atoms with Crippen molar-refractivity contribution in [2.24, 2.45) is 5.92 Å². The van der Waals surface area contributed by atoms with Gasteiger partial charge in [-0.15, -0.1) is 0 Å². The van der Waals surface area contributed by atoms with Gasteiger partial charge in [0.05, 0.1) is 11.5 Å². The largest absolute Gasteiger partial charge is 0.384 e. The van der Waals surface area contributed by atoms with Gasteiger partial charge in [0.2, 0.25) is 10.0 Å². The van der Waals surface area contributed by atoms with Crippen molar-refractivity contribution in [2.75, 3.05) is 39.9 Å². The first-order chi connectivity index (χ1) is 11.0. The Morgan fingerprint density at radius 2 is 2.09 bits per heavy atom. The molecule has 2 saturated heterocycles. The zero-order valence-electron chi connectivity index (χ0n) is 13.3. The maximum absolute atomic E-state index is 12.6. The van der Waals surface area contributed by atoms with E-state index in [0.29, 0.717) is 44.3 Å². The van der Waals surface area contributed by atoms with Gasteiger partial charge < -0.3 is 9.64 Å². The molecule has 126 valence electrons. The fraction of sp³-hybridized carbons (Fsp3) is 0.562. The number of amides is 1. The number of rotatable bonds is 5. The zero-order valence-corrected chi connectivity index (χ0v) is 14.1. The molecule has 6 nitrogen and oxygen atoms in total. The van der Waals surface area contributed by atoms with Gasteiger partial charge in [-0.2, -0.15) is 4.31 Å². The van der Waals surface area contributed by atoms with Crippen LogP contribution in [0.25, 0.3) is 0 Å². The summed E-state index contributed by atoms with van der Waals surface area (Å²) in [5.74, 6) is 0.251. The fourth-order valence-corrected chi connectivity index (χ4v) is 4.60. The Hall–Kier alpha value is -1.44. The van der Waals surface area contributed by atoms with E-state index in [1.807, 2.05) is 0 Å². The molecule has 2 aliphatic rings. The van der Waals surface area contributed by atoms with Gasteiger partial charge in [0.1, 0.15) is 0 Å². The van der Waals surface area contributed by atoms with E-state index in [9.17, 15) is 13.2 Å². The topological polar surface area (TPSA) is 66.9 Å². The molecular weight excluding hydrogens is 316 g/mol. The van der Waals surface area contributed by atoms with Crippen LogP contribution in [-0.4, -0.2) is 63.4 Å².